The van der Waals surface area contributed by atoms with E-state index in [1.54, 1.807) is 24.3 Å². The highest BCUT2D eigenvalue weighted by Crippen LogP contribution is 2.35. The van der Waals surface area contributed by atoms with Gasteiger partial charge in [-0.15, -0.1) is 10.2 Å². The summed E-state index contributed by atoms with van der Waals surface area (Å²) in [6.07, 6.45) is 0. The lowest BCUT2D eigenvalue weighted by Gasteiger charge is -2.14. The molecular weight excluding hydrogens is 392 g/mol. The van der Waals surface area contributed by atoms with Gasteiger partial charge in [0, 0.05) is 17.5 Å². The fraction of sp³-hybridized carbons (Fsp3) is 0.118. The maximum atomic E-state index is 12.5. The summed E-state index contributed by atoms with van der Waals surface area (Å²) in [5, 5.41) is 18.2. The van der Waals surface area contributed by atoms with Gasteiger partial charge < -0.3 is 10.1 Å². The summed E-state index contributed by atoms with van der Waals surface area (Å²) in [5.74, 6) is -1.00. The molecule has 0 spiro atoms. The number of likely N-dealkylation sites (N-methyl/N-ethyl adjacent to an activating group) is 1. The van der Waals surface area contributed by atoms with Crippen molar-refractivity contribution in [1.29, 1.82) is 0 Å². The Bertz CT molecular complexity index is 1120. The standard InChI is InChI=1S/C17H15ClN4O4S/c1-22(27(25,26)12-8-6-11(18)7-9-12)10-15(23)20-21-16-13-4-2-3-5-14(13)19-17(16)24/h2-9,19,24H,10H2,1H3. The molecule has 8 nitrogen and oxygen atoms in total. The Morgan fingerprint density at radius 1 is 1.19 bits per heavy atom. The minimum atomic E-state index is -3.87. The minimum Gasteiger partial charge on any atom is -0.493 e. The molecular formula is C17H15ClN4O4S. The van der Waals surface area contributed by atoms with Crippen molar-refractivity contribution in [3.63, 3.8) is 0 Å². The molecule has 3 aromatic rings. The van der Waals surface area contributed by atoms with Crippen LogP contribution in [-0.2, 0) is 14.8 Å². The number of hydrogen-bond acceptors (Lipinski definition) is 5. The number of H-pyrrole nitrogens is 1. The summed E-state index contributed by atoms with van der Waals surface area (Å²) in [7, 11) is -2.60. The van der Waals surface area contributed by atoms with Crippen molar-refractivity contribution in [2.45, 2.75) is 4.90 Å². The predicted molar refractivity (Wildman–Crippen MR) is 101 cm³/mol. The molecule has 0 aliphatic heterocycles. The number of aromatic amines is 1. The van der Waals surface area contributed by atoms with E-state index >= 15 is 0 Å². The zero-order valence-corrected chi connectivity index (χ0v) is 15.7. The zero-order valence-electron chi connectivity index (χ0n) is 14.1. The Morgan fingerprint density at radius 3 is 2.56 bits per heavy atom. The van der Waals surface area contributed by atoms with E-state index in [9.17, 15) is 18.3 Å². The van der Waals surface area contributed by atoms with Crippen molar-refractivity contribution < 1.29 is 18.3 Å². The topological polar surface area (TPSA) is 115 Å². The van der Waals surface area contributed by atoms with Crippen molar-refractivity contribution >= 4 is 44.1 Å². The monoisotopic (exact) mass is 406 g/mol. The van der Waals surface area contributed by atoms with Crippen LogP contribution >= 0.6 is 11.6 Å². The SMILES string of the molecule is CN(CC(=O)N=Nc1c(O)[nH]c2ccccc12)S(=O)(=O)c1ccc(Cl)cc1. The number of nitrogens with one attached hydrogen (secondary N) is 1. The number of benzene rings is 2. The Kier molecular flexibility index (Phi) is 5.26. The van der Waals surface area contributed by atoms with Crippen LogP contribution in [0.5, 0.6) is 5.88 Å². The number of halogens is 1. The summed E-state index contributed by atoms with van der Waals surface area (Å²) < 4.78 is 25.8. The molecule has 1 heterocycles. The van der Waals surface area contributed by atoms with Crippen LogP contribution < -0.4 is 0 Å². The van der Waals surface area contributed by atoms with Gasteiger partial charge in [0.1, 0.15) is 0 Å². The van der Waals surface area contributed by atoms with Crippen LogP contribution in [-0.4, -0.2) is 42.3 Å². The van der Waals surface area contributed by atoms with Crippen LogP contribution in [0.25, 0.3) is 10.9 Å². The van der Waals surface area contributed by atoms with E-state index in [0.717, 1.165) is 4.31 Å². The minimum absolute atomic E-state index is 0.00779. The number of carbonyl (C=O) groups excluding carboxylic acids is 1. The van der Waals surface area contributed by atoms with Crippen LogP contribution in [0.1, 0.15) is 0 Å². The molecule has 10 heteroatoms. The van der Waals surface area contributed by atoms with Gasteiger partial charge in [-0.1, -0.05) is 29.8 Å². The molecule has 0 saturated carbocycles. The van der Waals surface area contributed by atoms with Crippen molar-refractivity contribution in [2.75, 3.05) is 13.6 Å². The second-order valence-electron chi connectivity index (χ2n) is 5.68. The first-order valence-corrected chi connectivity index (χ1v) is 9.57. The Morgan fingerprint density at radius 2 is 1.85 bits per heavy atom. The molecule has 3 rings (SSSR count). The molecule has 0 fully saturated rings. The van der Waals surface area contributed by atoms with Crippen LogP contribution in [0.3, 0.4) is 0 Å². The zero-order chi connectivity index (χ0) is 19.6. The van der Waals surface area contributed by atoms with E-state index in [1.165, 1.54) is 31.3 Å². The van der Waals surface area contributed by atoms with Crippen molar-refractivity contribution in [2.24, 2.45) is 10.2 Å². The third-order valence-electron chi connectivity index (χ3n) is 3.80. The number of amides is 1. The third kappa shape index (κ3) is 4.00. The number of aromatic hydroxyl groups is 1. The van der Waals surface area contributed by atoms with Gasteiger partial charge in [0.2, 0.25) is 15.9 Å². The number of fused-ring (bicyclic) bond motifs is 1. The maximum Gasteiger partial charge on any atom is 0.279 e. The molecule has 2 aromatic carbocycles. The lowest BCUT2D eigenvalue weighted by Crippen LogP contribution is -2.31. The summed E-state index contributed by atoms with van der Waals surface area (Å²) in [6, 6.07) is 12.6. The van der Waals surface area contributed by atoms with Gasteiger partial charge in [-0.25, -0.2) is 8.42 Å². The first-order chi connectivity index (χ1) is 12.8. The fourth-order valence-corrected chi connectivity index (χ4v) is 3.66. The number of aromatic nitrogens is 1. The van der Waals surface area contributed by atoms with Gasteiger partial charge in [-0.3, -0.25) is 4.79 Å². The molecule has 0 bridgehead atoms. The number of rotatable bonds is 5. The smallest absolute Gasteiger partial charge is 0.279 e. The van der Waals surface area contributed by atoms with Crippen LogP contribution in [0.2, 0.25) is 5.02 Å². The Balaban J connectivity index is 1.75. The van der Waals surface area contributed by atoms with E-state index < -0.39 is 22.5 Å². The lowest BCUT2D eigenvalue weighted by molar-refractivity contribution is -0.118. The number of carbonyl (C=O) groups is 1. The largest absolute Gasteiger partial charge is 0.493 e. The number of hydrogen-bond donors (Lipinski definition) is 2. The molecule has 0 unspecified atom stereocenters. The fourth-order valence-electron chi connectivity index (χ4n) is 2.41. The molecule has 1 aromatic heterocycles. The van der Waals surface area contributed by atoms with E-state index in [-0.39, 0.29) is 16.5 Å². The molecule has 0 aliphatic carbocycles. The van der Waals surface area contributed by atoms with Gasteiger partial charge in [-0.05, 0) is 30.3 Å². The molecule has 0 radical (unpaired) electrons. The van der Waals surface area contributed by atoms with Gasteiger partial charge >= 0.3 is 0 Å². The Hall–Kier alpha value is -2.75. The number of azo groups is 1. The average Bonchev–Trinajstić information content (AvgIpc) is 2.95. The van der Waals surface area contributed by atoms with E-state index in [4.69, 9.17) is 11.6 Å². The quantitative estimate of drug-likeness (QED) is 0.631. The number of para-hydroxylation sites is 1. The van der Waals surface area contributed by atoms with Crippen molar-refractivity contribution in [1.82, 2.24) is 9.29 Å². The van der Waals surface area contributed by atoms with Gasteiger partial charge in [0.05, 0.1) is 17.0 Å². The van der Waals surface area contributed by atoms with Gasteiger partial charge in [-0.2, -0.15) is 4.31 Å². The highest BCUT2D eigenvalue weighted by molar-refractivity contribution is 7.89. The normalized spacial score (nSPS) is 12.3. The molecule has 0 atom stereocenters. The first kappa shape index (κ1) is 19.0. The second-order valence-corrected chi connectivity index (χ2v) is 8.16. The lowest BCUT2D eigenvalue weighted by atomic mass is 10.2. The molecule has 140 valence electrons. The van der Waals surface area contributed by atoms with Gasteiger partial charge in [0.25, 0.3) is 5.91 Å². The summed E-state index contributed by atoms with van der Waals surface area (Å²) in [6.45, 7) is -0.502. The van der Waals surface area contributed by atoms with Crippen LogP contribution in [0, 0.1) is 0 Å². The van der Waals surface area contributed by atoms with Crippen LogP contribution in [0.4, 0.5) is 5.69 Å². The van der Waals surface area contributed by atoms with Crippen molar-refractivity contribution in [3.05, 3.63) is 53.6 Å². The summed E-state index contributed by atoms with van der Waals surface area (Å²) in [4.78, 5) is 14.8. The molecule has 0 aliphatic rings. The first-order valence-electron chi connectivity index (χ1n) is 7.75. The molecule has 0 saturated heterocycles. The maximum absolute atomic E-state index is 12.5. The predicted octanol–water partition coefficient (Wildman–Crippen LogP) is 3.46. The summed E-state index contributed by atoms with van der Waals surface area (Å²) in [5.41, 5.74) is 0.751. The highest BCUT2D eigenvalue weighted by Gasteiger charge is 2.23. The average molecular weight is 407 g/mol. The number of sulfonamides is 1. The van der Waals surface area contributed by atoms with E-state index in [2.05, 4.69) is 15.2 Å². The van der Waals surface area contributed by atoms with Crippen molar-refractivity contribution in [3.8, 4) is 5.88 Å². The third-order valence-corrected chi connectivity index (χ3v) is 5.87. The Labute approximate surface area is 160 Å². The van der Waals surface area contributed by atoms with E-state index in [1.807, 2.05) is 0 Å². The molecule has 2 N–H and O–H groups in total. The second kappa shape index (κ2) is 7.47. The van der Waals surface area contributed by atoms with Gasteiger partial charge in [0.15, 0.2) is 5.69 Å². The number of nitrogens with zero attached hydrogens (tertiary/aromatic N) is 3. The molecule has 27 heavy (non-hydrogen) atoms. The van der Waals surface area contributed by atoms with Crippen LogP contribution in [0.15, 0.2) is 63.7 Å². The molecule has 1 amide bonds. The van der Waals surface area contributed by atoms with E-state index in [0.29, 0.717) is 15.9 Å². The summed E-state index contributed by atoms with van der Waals surface area (Å²) >= 11 is 5.76. The highest BCUT2D eigenvalue weighted by atomic mass is 35.5.